The summed E-state index contributed by atoms with van der Waals surface area (Å²) in [5.74, 6) is -2.44. The van der Waals surface area contributed by atoms with Gasteiger partial charge in [0.15, 0.2) is 12.9 Å². The molecule has 0 atom stereocenters. The van der Waals surface area contributed by atoms with Crippen LogP contribution >= 0.6 is 0 Å². The van der Waals surface area contributed by atoms with Crippen molar-refractivity contribution in [2.24, 2.45) is 0 Å². The fourth-order valence-electron chi connectivity index (χ4n) is 2.02. The van der Waals surface area contributed by atoms with Crippen LogP contribution in [0.5, 0.6) is 0 Å². The molecule has 0 fully saturated rings. The van der Waals surface area contributed by atoms with Gasteiger partial charge in [0, 0.05) is 5.56 Å². The lowest BCUT2D eigenvalue weighted by molar-refractivity contribution is -0.737. The van der Waals surface area contributed by atoms with E-state index in [1.807, 2.05) is 0 Å². The quantitative estimate of drug-likeness (QED) is 0.666. The zero-order valence-corrected chi connectivity index (χ0v) is 17.2. The van der Waals surface area contributed by atoms with Crippen LogP contribution in [0.25, 0.3) is 0 Å². The SMILES string of the molecule is CO[N+](=O)c1cc(N(C(=O)OC(C)(C)C)C(=O)OC(C)(C)C)c(F)c(C)c1F. The molecule has 0 aliphatic carbocycles. The summed E-state index contributed by atoms with van der Waals surface area (Å²) < 4.78 is 39.4. The van der Waals surface area contributed by atoms with E-state index in [1.54, 1.807) is 41.5 Å². The van der Waals surface area contributed by atoms with Crippen LogP contribution < -0.4 is 4.90 Å². The van der Waals surface area contributed by atoms with Crippen molar-refractivity contribution in [2.75, 3.05) is 12.0 Å². The van der Waals surface area contributed by atoms with Gasteiger partial charge in [-0.15, -0.1) is 0 Å². The maximum atomic E-state index is 14.8. The molecule has 0 saturated carbocycles. The number of carbonyl (C=O) groups is 2. The number of nitrogens with zero attached hydrogens (tertiary/aromatic N) is 2. The molecule has 0 aliphatic rings. The van der Waals surface area contributed by atoms with Gasteiger partial charge < -0.3 is 9.47 Å². The molecule has 0 heterocycles. The Morgan fingerprint density at radius 3 is 1.75 bits per heavy atom. The van der Waals surface area contributed by atoms with Crippen LogP contribution in [-0.2, 0) is 14.3 Å². The van der Waals surface area contributed by atoms with Crippen molar-refractivity contribution in [1.82, 2.24) is 0 Å². The molecule has 28 heavy (non-hydrogen) atoms. The molecule has 0 N–H and O–H groups in total. The standard InChI is InChI=1S/C18H25F2N2O6/c1-10-13(19)11(9-12(14(10)20)22(25)26-8)21(15(23)27-17(2,3)4)16(24)28-18(5,6)7/h9H,1-8H3/q+1. The third-order valence-corrected chi connectivity index (χ3v) is 3.14. The fraction of sp³-hybridized carbons (Fsp3) is 0.556. The van der Waals surface area contributed by atoms with E-state index in [4.69, 9.17) is 9.47 Å². The van der Waals surface area contributed by atoms with Crippen LogP contribution in [0.2, 0.25) is 0 Å². The molecule has 1 aromatic rings. The van der Waals surface area contributed by atoms with Gasteiger partial charge in [-0.3, -0.25) is 0 Å². The normalized spacial score (nSPS) is 11.6. The molecule has 0 spiro atoms. The summed E-state index contributed by atoms with van der Waals surface area (Å²) in [6, 6.07) is 0.669. The summed E-state index contributed by atoms with van der Waals surface area (Å²) in [4.78, 5) is 41.4. The Labute approximate surface area is 161 Å². The Kier molecular flexibility index (Phi) is 6.71. The van der Waals surface area contributed by atoms with Crippen LogP contribution in [0.3, 0.4) is 0 Å². The molecule has 1 aromatic carbocycles. The van der Waals surface area contributed by atoms with Crippen LogP contribution in [0.4, 0.5) is 29.7 Å². The minimum atomic E-state index is -1.26. The predicted molar refractivity (Wildman–Crippen MR) is 96.3 cm³/mol. The van der Waals surface area contributed by atoms with E-state index in [-0.39, 0.29) is 9.82 Å². The molecular weight excluding hydrogens is 378 g/mol. The molecule has 2 amide bonds. The predicted octanol–water partition coefficient (Wildman–Crippen LogP) is 4.92. The Bertz CT molecular complexity index is 769. The van der Waals surface area contributed by atoms with Gasteiger partial charge in [-0.25, -0.2) is 18.8 Å². The maximum Gasteiger partial charge on any atom is 0.424 e. The molecule has 0 bridgehead atoms. The largest absolute Gasteiger partial charge is 0.443 e. The number of hydrogen-bond acceptors (Lipinski definition) is 6. The molecule has 1 rings (SSSR count). The van der Waals surface area contributed by atoms with E-state index in [1.165, 1.54) is 0 Å². The molecule has 8 nitrogen and oxygen atoms in total. The van der Waals surface area contributed by atoms with Gasteiger partial charge in [-0.05, 0) is 48.5 Å². The van der Waals surface area contributed by atoms with Gasteiger partial charge in [-0.2, -0.15) is 9.29 Å². The molecule has 10 heteroatoms. The highest BCUT2D eigenvalue weighted by Gasteiger charge is 2.38. The summed E-state index contributed by atoms with van der Waals surface area (Å²) in [5.41, 5.74) is -4.09. The highest BCUT2D eigenvalue weighted by Crippen LogP contribution is 2.33. The van der Waals surface area contributed by atoms with E-state index in [0.717, 1.165) is 14.0 Å². The van der Waals surface area contributed by atoms with E-state index in [0.29, 0.717) is 6.07 Å². The maximum absolute atomic E-state index is 14.8. The van der Waals surface area contributed by atoms with Crippen LogP contribution in [0, 0.1) is 23.5 Å². The van der Waals surface area contributed by atoms with Gasteiger partial charge in [0.05, 0.1) is 11.0 Å². The van der Waals surface area contributed by atoms with Crippen molar-refractivity contribution < 1.29 is 37.6 Å². The lowest BCUT2D eigenvalue weighted by Crippen LogP contribution is -2.44. The molecule has 0 aliphatic heterocycles. The highest BCUT2D eigenvalue weighted by molar-refractivity contribution is 6.09. The molecular formula is C18H25F2N2O6+. The summed E-state index contributed by atoms with van der Waals surface area (Å²) >= 11 is 0. The van der Waals surface area contributed by atoms with Crippen molar-refractivity contribution in [3.8, 4) is 0 Å². The zero-order chi connectivity index (χ0) is 22.0. The third-order valence-electron chi connectivity index (χ3n) is 3.14. The van der Waals surface area contributed by atoms with Crippen molar-refractivity contribution in [3.63, 3.8) is 0 Å². The van der Waals surface area contributed by atoms with E-state index in [9.17, 15) is 23.3 Å². The number of halogens is 2. The topological polar surface area (TPSA) is 85.2 Å². The first kappa shape index (κ1) is 23.3. The van der Waals surface area contributed by atoms with Gasteiger partial charge in [0.2, 0.25) is 5.82 Å². The van der Waals surface area contributed by atoms with E-state index in [2.05, 4.69) is 4.84 Å². The number of imide groups is 1. The first-order chi connectivity index (χ1) is 12.6. The smallest absolute Gasteiger partial charge is 0.424 e. The second kappa shape index (κ2) is 8.07. The third kappa shape index (κ3) is 5.61. The van der Waals surface area contributed by atoms with Gasteiger partial charge >= 0.3 is 17.9 Å². The second-order valence-electron chi connectivity index (χ2n) is 7.90. The van der Waals surface area contributed by atoms with Crippen molar-refractivity contribution in [2.45, 2.75) is 59.7 Å². The number of ether oxygens (including phenoxy) is 2. The van der Waals surface area contributed by atoms with Crippen LogP contribution in [0.1, 0.15) is 47.1 Å². The van der Waals surface area contributed by atoms with Crippen LogP contribution in [0.15, 0.2) is 6.07 Å². The summed E-state index contributed by atoms with van der Waals surface area (Å²) in [6.45, 7) is 10.3. The minimum absolute atomic E-state index is 0.215. The first-order valence-corrected chi connectivity index (χ1v) is 8.35. The average Bonchev–Trinajstić information content (AvgIpc) is 2.51. The molecule has 0 unspecified atom stereocenters. The number of carbonyl (C=O) groups excluding carboxylic acids is 2. The molecule has 156 valence electrons. The van der Waals surface area contributed by atoms with Gasteiger partial charge in [-0.1, -0.05) is 0 Å². The Morgan fingerprint density at radius 2 is 1.39 bits per heavy atom. The van der Waals surface area contributed by atoms with Crippen molar-refractivity contribution >= 4 is 23.6 Å². The first-order valence-electron chi connectivity index (χ1n) is 8.35. The highest BCUT2D eigenvalue weighted by atomic mass is 19.1. The number of amides is 2. The molecule has 0 radical (unpaired) electrons. The monoisotopic (exact) mass is 403 g/mol. The Morgan fingerprint density at radius 1 is 0.964 bits per heavy atom. The number of hydrogen-bond donors (Lipinski definition) is 0. The van der Waals surface area contributed by atoms with Crippen molar-refractivity contribution in [3.05, 3.63) is 28.2 Å². The number of anilines is 1. The fourth-order valence-corrected chi connectivity index (χ4v) is 2.02. The minimum Gasteiger partial charge on any atom is -0.443 e. The van der Waals surface area contributed by atoms with Gasteiger partial charge in [0.1, 0.15) is 16.9 Å². The van der Waals surface area contributed by atoms with E-state index < -0.39 is 52.0 Å². The van der Waals surface area contributed by atoms with E-state index >= 15 is 0 Å². The number of benzene rings is 1. The Balaban J connectivity index is 3.65. The molecule has 0 aromatic heterocycles. The summed E-state index contributed by atoms with van der Waals surface area (Å²) in [7, 11) is 0.976. The lowest BCUT2D eigenvalue weighted by Gasteiger charge is -2.28. The second-order valence-corrected chi connectivity index (χ2v) is 7.90. The zero-order valence-electron chi connectivity index (χ0n) is 17.2. The summed E-state index contributed by atoms with van der Waals surface area (Å²) in [5, 5.41) is 0. The Hall–Kier alpha value is -2.78. The molecule has 0 saturated heterocycles. The van der Waals surface area contributed by atoms with Crippen LogP contribution in [-0.4, -0.2) is 35.4 Å². The lowest BCUT2D eigenvalue weighted by atomic mass is 10.1. The van der Waals surface area contributed by atoms with Crippen molar-refractivity contribution in [1.29, 1.82) is 0 Å². The number of rotatable bonds is 3. The average molecular weight is 403 g/mol. The van der Waals surface area contributed by atoms with Gasteiger partial charge in [0.25, 0.3) is 4.92 Å². The summed E-state index contributed by atoms with van der Waals surface area (Å²) in [6.07, 6.45) is -2.51.